The van der Waals surface area contributed by atoms with Crippen LogP contribution >= 0.6 is 0 Å². The maximum atomic E-state index is 13.4. The minimum Gasteiger partial charge on any atom is -0.505 e. The van der Waals surface area contributed by atoms with Crippen LogP contribution in [0.4, 0.5) is 4.39 Å². The summed E-state index contributed by atoms with van der Waals surface area (Å²) < 4.78 is 13.4. The number of rotatable bonds is 3. The van der Waals surface area contributed by atoms with Crippen LogP contribution < -0.4 is 5.32 Å². The van der Waals surface area contributed by atoms with Gasteiger partial charge in [-0.2, -0.15) is 0 Å². The Morgan fingerprint density at radius 1 is 1.35 bits per heavy atom. The predicted molar refractivity (Wildman–Crippen MR) is 89.0 cm³/mol. The first kappa shape index (κ1) is 16.1. The van der Waals surface area contributed by atoms with Gasteiger partial charge in [-0.3, -0.25) is 9.89 Å². The fraction of sp³-hybridized carbons (Fsp3) is 0.588. The predicted octanol–water partition coefficient (Wildman–Crippen LogP) is 1.78. The molecule has 2 saturated heterocycles. The van der Waals surface area contributed by atoms with Crippen molar-refractivity contribution in [1.82, 2.24) is 15.1 Å². The molecule has 2 aliphatic heterocycles. The Kier molecular flexibility index (Phi) is 5.00. The van der Waals surface area contributed by atoms with Crippen LogP contribution in [0.25, 0.3) is 0 Å². The Morgan fingerprint density at radius 3 is 2.83 bits per heavy atom. The number of aromatic hydroxyl groups is 1. The molecular weight excluding hydrogens is 295 g/mol. The lowest BCUT2D eigenvalue weighted by Crippen LogP contribution is -2.42. The highest BCUT2D eigenvalue weighted by atomic mass is 19.1. The second kappa shape index (κ2) is 7.17. The summed E-state index contributed by atoms with van der Waals surface area (Å²) in [5, 5.41) is 12.5. The third-order valence-corrected chi connectivity index (χ3v) is 4.79. The van der Waals surface area contributed by atoms with E-state index in [1.54, 1.807) is 13.1 Å². The van der Waals surface area contributed by atoms with Gasteiger partial charge >= 0.3 is 0 Å². The van der Waals surface area contributed by atoms with Crippen LogP contribution in [0.15, 0.2) is 23.2 Å². The topological polar surface area (TPSA) is 51.1 Å². The van der Waals surface area contributed by atoms with Crippen molar-refractivity contribution in [3.63, 3.8) is 0 Å². The van der Waals surface area contributed by atoms with Crippen molar-refractivity contribution in [2.45, 2.75) is 31.8 Å². The Bertz CT molecular complexity index is 572. The number of halogens is 1. The SMILES string of the molecule is CN=C(NCc1ccc(O)c(F)c1)N1CCC(N2CCCC2)C1. The first-order valence-corrected chi connectivity index (χ1v) is 8.34. The zero-order valence-corrected chi connectivity index (χ0v) is 13.6. The zero-order valence-electron chi connectivity index (χ0n) is 13.6. The molecular formula is C17H25FN4O. The number of hydrogen-bond acceptors (Lipinski definition) is 3. The van der Waals surface area contributed by atoms with Crippen LogP contribution in [0.1, 0.15) is 24.8 Å². The molecule has 1 aromatic carbocycles. The average molecular weight is 320 g/mol. The lowest BCUT2D eigenvalue weighted by molar-refractivity contribution is 0.249. The molecule has 23 heavy (non-hydrogen) atoms. The molecule has 0 aliphatic carbocycles. The maximum Gasteiger partial charge on any atom is 0.193 e. The van der Waals surface area contributed by atoms with Crippen LogP contribution in [-0.4, -0.2) is 60.1 Å². The molecule has 0 spiro atoms. The summed E-state index contributed by atoms with van der Waals surface area (Å²) in [7, 11) is 1.78. The first-order chi connectivity index (χ1) is 11.2. The first-order valence-electron chi connectivity index (χ1n) is 8.34. The molecule has 2 fully saturated rings. The van der Waals surface area contributed by atoms with Gasteiger partial charge in [-0.05, 0) is 50.0 Å². The van der Waals surface area contributed by atoms with Gasteiger partial charge in [0.15, 0.2) is 17.5 Å². The molecule has 2 heterocycles. The minimum absolute atomic E-state index is 0.314. The largest absolute Gasteiger partial charge is 0.505 e. The highest BCUT2D eigenvalue weighted by Gasteiger charge is 2.30. The second-order valence-corrected chi connectivity index (χ2v) is 6.32. The fourth-order valence-electron chi connectivity index (χ4n) is 3.51. The van der Waals surface area contributed by atoms with E-state index in [0.717, 1.165) is 24.6 Å². The third-order valence-electron chi connectivity index (χ3n) is 4.79. The lowest BCUT2D eigenvalue weighted by Gasteiger charge is -2.25. The molecule has 0 radical (unpaired) electrons. The Hall–Kier alpha value is -1.82. The number of nitrogens with one attached hydrogen (secondary N) is 1. The Labute approximate surface area is 136 Å². The number of phenolic OH excluding ortho intramolecular Hbond substituents is 1. The summed E-state index contributed by atoms with van der Waals surface area (Å²) in [5.41, 5.74) is 0.789. The smallest absolute Gasteiger partial charge is 0.193 e. The molecule has 1 atom stereocenters. The molecule has 0 amide bonds. The number of likely N-dealkylation sites (tertiary alicyclic amines) is 2. The van der Waals surface area contributed by atoms with Gasteiger partial charge in [-0.1, -0.05) is 6.07 Å². The van der Waals surface area contributed by atoms with E-state index in [9.17, 15) is 9.50 Å². The summed E-state index contributed by atoms with van der Waals surface area (Å²) in [6.45, 7) is 4.94. The minimum atomic E-state index is -0.588. The molecule has 0 saturated carbocycles. The van der Waals surface area contributed by atoms with Crippen molar-refractivity contribution >= 4 is 5.96 Å². The van der Waals surface area contributed by atoms with Crippen LogP contribution in [0, 0.1) is 5.82 Å². The van der Waals surface area contributed by atoms with Crippen LogP contribution in [0.5, 0.6) is 5.75 Å². The van der Waals surface area contributed by atoms with Gasteiger partial charge in [-0.25, -0.2) is 4.39 Å². The van der Waals surface area contributed by atoms with Gasteiger partial charge in [-0.15, -0.1) is 0 Å². The van der Waals surface area contributed by atoms with Crippen molar-refractivity contribution in [3.8, 4) is 5.75 Å². The van der Waals surface area contributed by atoms with E-state index in [4.69, 9.17) is 0 Å². The van der Waals surface area contributed by atoms with Crippen LogP contribution in [0.2, 0.25) is 0 Å². The van der Waals surface area contributed by atoms with Gasteiger partial charge in [0.2, 0.25) is 0 Å². The summed E-state index contributed by atoms with van der Waals surface area (Å²) in [6, 6.07) is 5.08. The number of hydrogen-bond donors (Lipinski definition) is 2. The second-order valence-electron chi connectivity index (χ2n) is 6.32. The van der Waals surface area contributed by atoms with E-state index in [-0.39, 0.29) is 5.75 Å². The molecule has 5 nitrogen and oxygen atoms in total. The van der Waals surface area contributed by atoms with Crippen molar-refractivity contribution in [2.24, 2.45) is 4.99 Å². The van der Waals surface area contributed by atoms with Gasteiger partial charge < -0.3 is 15.3 Å². The van der Waals surface area contributed by atoms with E-state index in [1.165, 1.54) is 44.5 Å². The zero-order chi connectivity index (χ0) is 16.2. The van der Waals surface area contributed by atoms with E-state index in [0.29, 0.717) is 12.6 Å². The van der Waals surface area contributed by atoms with Crippen molar-refractivity contribution in [2.75, 3.05) is 33.2 Å². The fourth-order valence-corrected chi connectivity index (χ4v) is 3.51. The highest BCUT2D eigenvalue weighted by molar-refractivity contribution is 5.80. The maximum absolute atomic E-state index is 13.4. The Morgan fingerprint density at radius 2 is 2.13 bits per heavy atom. The molecule has 3 rings (SSSR count). The summed E-state index contributed by atoms with van der Waals surface area (Å²) in [4.78, 5) is 9.22. The van der Waals surface area contributed by atoms with E-state index >= 15 is 0 Å². The Balaban J connectivity index is 1.54. The lowest BCUT2D eigenvalue weighted by atomic mass is 10.2. The van der Waals surface area contributed by atoms with Crippen LogP contribution in [-0.2, 0) is 6.54 Å². The standard InChI is InChI=1S/C17H25FN4O/c1-19-17(20-11-13-4-5-16(23)15(18)10-13)22-9-6-14(12-22)21-7-2-3-8-21/h4-5,10,14,23H,2-3,6-9,11-12H2,1H3,(H,19,20). The number of aliphatic imine (C=N–C) groups is 1. The molecule has 0 bridgehead atoms. The molecule has 2 N–H and O–H groups in total. The quantitative estimate of drug-likeness (QED) is 0.658. The highest BCUT2D eigenvalue weighted by Crippen LogP contribution is 2.20. The van der Waals surface area contributed by atoms with Crippen molar-refractivity contribution < 1.29 is 9.50 Å². The van der Waals surface area contributed by atoms with Crippen molar-refractivity contribution in [1.29, 1.82) is 0 Å². The average Bonchev–Trinajstić information content (AvgIpc) is 3.22. The van der Waals surface area contributed by atoms with Gasteiger partial charge in [0.1, 0.15) is 0 Å². The van der Waals surface area contributed by atoms with E-state index in [1.807, 2.05) is 0 Å². The van der Waals surface area contributed by atoms with Crippen molar-refractivity contribution in [3.05, 3.63) is 29.6 Å². The van der Waals surface area contributed by atoms with E-state index < -0.39 is 5.82 Å². The molecule has 0 aromatic heterocycles. The number of guanidine groups is 1. The monoisotopic (exact) mass is 320 g/mol. The van der Waals surface area contributed by atoms with Gasteiger partial charge in [0.05, 0.1) is 0 Å². The summed E-state index contributed by atoms with van der Waals surface area (Å²) in [6.07, 6.45) is 3.81. The number of nitrogens with zero attached hydrogens (tertiary/aromatic N) is 3. The number of phenols is 1. The van der Waals surface area contributed by atoms with E-state index in [2.05, 4.69) is 20.1 Å². The summed E-state index contributed by atoms with van der Waals surface area (Å²) in [5.74, 6) is -0.0409. The van der Waals surface area contributed by atoms with Gasteiger partial charge in [0, 0.05) is 32.7 Å². The summed E-state index contributed by atoms with van der Waals surface area (Å²) >= 11 is 0. The third kappa shape index (κ3) is 3.75. The van der Waals surface area contributed by atoms with Crippen LogP contribution in [0.3, 0.4) is 0 Å². The normalized spacial score (nSPS) is 22.8. The molecule has 126 valence electrons. The molecule has 1 aromatic rings. The molecule has 2 aliphatic rings. The van der Waals surface area contributed by atoms with Gasteiger partial charge in [0.25, 0.3) is 0 Å². The molecule has 1 unspecified atom stereocenters. The molecule has 6 heteroatoms. The number of benzene rings is 1.